The van der Waals surface area contributed by atoms with E-state index in [9.17, 15) is 9.59 Å². The summed E-state index contributed by atoms with van der Waals surface area (Å²) in [6.07, 6.45) is 5.05. The average Bonchev–Trinajstić information content (AvgIpc) is 2.66. The smallest absolute Gasteiger partial charge is 0.319 e. The average molecular weight is 348 g/mol. The lowest BCUT2D eigenvalue weighted by molar-refractivity contribution is 0.249. The molecule has 0 saturated heterocycles. The monoisotopic (exact) mass is 348 g/mol. The zero-order valence-electron chi connectivity index (χ0n) is 14.4. The van der Waals surface area contributed by atoms with Crippen LogP contribution in [0.1, 0.15) is 24.1 Å². The number of carbonyl (C=O) groups is 1. The Hall–Kier alpha value is -3.41. The molecule has 1 atom stereocenters. The van der Waals surface area contributed by atoms with Crippen molar-refractivity contribution in [2.45, 2.75) is 19.5 Å². The molecular formula is C20H20N4O2. The molecule has 6 heteroatoms. The molecule has 2 heterocycles. The minimum Gasteiger partial charge on any atom is -0.331 e. The molecule has 2 aromatic heterocycles. The highest BCUT2D eigenvalue weighted by Crippen LogP contribution is 2.10. The lowest BCUT2D eigenvalue weighted by Gasteiger charge is -2.15. The molecule has 2 N–H and O–H groups in total. The molecule has 26 heavy (non-hydrogen) atoms. The van der Waals surface area contributed by atoms with E-state index in [0.717, 1.165) is 11.1 Å². The SMILES string of the molecule is C[C@H](NC(=O)Nc1cccn(Cc2ccccc2)c1=O)c1ccncc1. The molecule has 132 valence electrons. The molecule has 2 amide bonds. The Bertz CT molecular complexity index is 923. The van der Waals surface area contributed by atoms with E-state index in [0.29, 0.717) is 6.54 Å². The van der Waals surface area contributed by atoms with Crippen molar-refractivity contribution in [3.63, 3.8) is 0 Å². The minimum atomic E-state index is -0.427. The molecule has 0 aliphatic carbocycles. The number of urea groups is 1. The third-order valence-corrected chi connectivity index (χ3v) is 4.02. The third kappa shape index (κ3) is 4.36. The van der Waals surface area contributed by atoms with Gasteiger partial charge in [-0.25, -0.2) is 4.79 Å². The first kappa shape index (κ1) is 17.4. The van der Waals surface area contributed by atoms with Gasteiger partial charge in [0, 0.05) is 18.6 Å². The number of amides is 2. The van der Waals surface area contributed by atoms with Crippen LogP contribution in [-0.4, -0.2) is 15.6 Å². The molecule has 6 nitrogen and oxygen atoms in total. The highest BCUT2D eigenvalue weighted by molar-refractivity contribution is 5.89. The first-order valence-electron chi connectivity index (χ1n) is 8.34. The fourth-order valence-corrected chi connectivity index (χ4v) is 2.63. The molecule has 0 unspecified atom stereocenters. The highest BCUT2D eigenvalue weighted by Gasteiger charge is 2.11. The number of hydrogen-bond donors (Lipinski definition) is 2. The standard InChI is InChI=1S/C20H20N4O2/c1-15(17-9-11-21-12-10-17)22-20(26)23-18-8-5-13-24(19(18)25)14-16-6-3-2-4-7-16/h2-13,15H,14H2,1H3,(H2,22,23,26)/t15-/m0/s1. The van der Waals surface area contributed by atoms with Crippen molar-refractivity contribution in [3.05, 3.63) is 94.7 Å². The Morgan fingerprint density at radius 1 is 1.08 bits per heavy atom. The van der Waals surface area contributed by atoms with Gasteiger partial charge >= 0.3 is 6.03 Å². The molecule has 0 fully saturated rings. The second-order valence-corrected chi connectivity index (χ2v) is 5.94. The predicted octanol–water partition coefficient (Wildman–Crippen LogP) is 3.17. The summed E-state index contributed by atoms with van der Waals surface area (Å²) in [4.78, 5) is 28.8. The number of carbonyl (C=O) groups excluding carboxylic acids is 1. The minimum absolute atomic E-state index is 0.201. The summed E-state index contributed by atoms with van der Waals surface area (Å²) >= 11 is 0. The van der Waals surface area contributed by atoms with Crippen LogP contribution < -0.4 is 16.2 Å². The van der Waals surface area contributed by atoms with Gasteiger partial charge in [-0.3, -0.25) is 9.78 Å². The van der Waals surface area contributed by atoms with Gasteiger partial charge in [0.25, 0.3) is 5.56 Å². The number of anilines is 1. The number of nitrogens with one attached hydrogen (secondary N) is 2. The van der Waals surface area contributed by atoms with Crippen LogP contribution in [0.15, 0.2) is 78.0 Å². The fourth-order valence-electron chi connectivity index (χ4n) is 2.63. The number of pyridine rings is 2. The molecule has 0 bridgehead atoms. The van der Waals surface area contributed by atoms with E-state index in [1.165, 1.54) is 0 Å². The summed E-state index contributed by atoms with van der Waals surface area (Å²) in [6, 6.07) is 16.1. The largest absolute Gasteiger partial charge is 0.331 e. The number of hydrogen-bond acceptors (Lipinski definition) is 3. The summed E-state index contributed by atoms with van der Waals surface area (Å²) in [5.74, 6) is 0. The zero-order valence-corrected chi connectivity index (χ0v) is 14.4. The summed E-state index contributed by atoms with van der Waals surface area (Å²) in [5.41, 5.74) is 1.94. The normalized spacial score (nSPS) is 11.6. The number of benzene rings is 1. The second kappa shape index (κ2) is 8.11. The molecule has 3 rings (SSSR count). The third-order valence-electron chi connectivity index (χ3n) is 4.02. The zero-order chi connectivity index (χ0) is 18.4. The first-order valence-corrected chi connectivity index (χ1v) is 8.34. The van der Waals surface area contributed by atoms with Gasteiger partial charge in [-0.2, -0.15) is 0 Å². The van der Waals surface area contributed by atoms with Gasteiger partial charge in [-0.05, 0) is 42.3 Å². The van der Waals surface area contributed by atoms with E-state index in [-0.39, 0.29) is 17.3 Å². The molecule has 1 aromatic carbocycles. The van der Waals surface area contributed by atoms with E-state index in [1.54, 1.807) is 35.3 Å². The Morgan fingerprint density at radius 2 is 1.81 bits per heavy atom. The van der Waals surface area contributed by atoms with E-state index in [4.69, 9.17) is 0 Å². The second-order valence-electron chi connectivity index (χ2n) is 5.94. The Morgan fingerprint density at radius 3 is 2.54 bits per heavy atom. The van der Waals surface area contributed by atoms with Crippen LogP contribution >= 0.6 is 0 Å². The fraction of sp³-hybridized carbons (Fsp3) is 0.150. The molecule has 0 radical (unpaired) electrons. The number of nitrogens with zero attached hydrogens (tertiary/aromatic N) is 2. The summed E-state index contributed by atoms with van der Waals surface area (Å²) in [7, 11) is 0. The first-order chi connectivity index (χ1) is 12.6. The molecule has 3 aromatic rings. The maximum atomic E-state index is 12.6. The van der Waals surface area contributed by atoms with Crippen molar-refractivity contribution in [2.24, 2.45) is 0 Å². The Labute approximate surface area is 151 Å². The van der Waals surface area contributed by atoms with Crippen molar-refractivity contribution in [3.8, 4) is 0 Å². The Balaban J connectivity index is 1.69. The molecule has 0 saturated carbocycles. The summed E-state index contributed by atoms with van der Waals surface area (Å²) in [5, 5.41) is 5.45. The van der Waals surface area contributed by atoms with Gasteiger partial charge in [0.2, 0.25) is 0 Å². The van der Waals surface area contributed by atoms with Crippen LogP contribution in [0.2, 0.25) is 0 Å². The van der Waals surface area contributed by atoms with Gasteiger partial charge in [0.1, 0.15) is 5.69 Å². The van der Waals surface area contributed by atoms with Crippen LogP contribution in [0.25, 0.3) is 0 Å². The van der Waals surface area contributed by atoms with Crippen molar-refractivity contribution in [1.29, 1.82) is 0 Å². The maximum absolute atomic E-state index is 12.6. The number of rotatable bonds is 5. The highest BCUT2D eigenvalue weighted by atomic mass is 16.2. The van der Waals surface area contributed by atoms with E-state index in [1.807, 2.05) is 49.4 Å². The summed E-state index contributed by atoms with van der Waals surface area (Å²) in [6.45, 7) is 2.32. The lowest BCUT2D eigenvalue weighted by Crippen LogP contribution is -2.34. The van der Waals surface area contributed by atoms with Crippen LogP contribution in [0.3, 0.4) is 0 Å². The maximum Gasteiger partial charge on any atom is 0.319 e. The van der Waals surface area contributed by atoms with Gasteiger partial charge in [-0.15, -0.1) is 0 Å². The van der Waals surface area contributed by atoms with Crippen LogP contribution in [-0.2, 0) is 6.54 Å². The molecule has 0 spiro atoms. The van der Waals surface area contributed by atoms with Crippen molar-refractivity contribution < 1.29 is 4.79 Å². The van der Waals surface area contributed by atoms with Crippen LogP contribution in [0, 0.1) is 0 Å². The van der Waals surface area contributed by atoms with Crippen molar-refractivity contribution in [2.75, 3.05) is 5.32 Å². The quantitative estimate of drug-likeness (QED) is 0.743. The van der Waals surface area contributed by atoms with Gasteiger partial charge in [0.05, 0.1) is 12.6 Å². The van der Waals surface area contributed by atoms with Crippen molar-refractivity contribution >= 4 is 11.7 Å². The molecular weight excluding hydrogens is 328 g/mol. The Kier molecular flexibility index (Phi) is 5.43. The number of aromatic nitrogens is 2. The predicted molar refractivity (Wildman–Crippen MR) is 101 cm³/mol. The van der Waals surface area contributed by atoms with Gasteiger partial charge < -0.3 is 15.2 Å². The van der Waals surface area contributed by atoms with Crippen LogP contribution in [0.5, 0.6) is 0 Å². The van der Waals surface area contributed by atoms with Crippen LogP contribution in [0.4, 0.5) is 10.5 Å². The lowest BCUT2D eigenvalue weighted by atomic mass is 10.1. The van der Waals surface area contributed by atoms with Gasteiger partial charge in [-0.1, -0.05) is 30.3 Å². The van der Waals surface area contributed by atoms with Crippen molar-refractivity contribution in [1.82, 2.24) is 14.9 Å². The molecule has 0 aliphatic rings. The topological polar surface area (TPSA) is 76.0 Å². The van der Waals surface area contributed by atoms with E-state index >= 15 is 0 Å². The van der Waals surface area contributed by atoms with E-state index < -0.39 is 6.03 Å². The van der Waals surface area contributed by atoms with Gasteiger partial charge in [0.15, 0.2) is 0 Å². The summed E-state index contributed by atoms with van der Waals surface area (Å²) < 4.78 is 1.57. The molecule has 0 aliphatic heterocycles. The van der Waals surface area contributed by atoms with E-state index in [2.05, 4.69) is 15.6 Å².